The lowest BCUT2D eigenvalue weighted by Gasteiger charge is -2.42. The average molecular weight is 550 g/mol. The Kier molecular flexibility index (Phi) is 4.91. The zero-order valence-corrected chi connectivity index (χ0v) is 23.1. The third kappa shape index (κ3) is 3.22. The quantitative estimate of drug-likeness (QED) is 0.334. The fourth-order valence-electron chi connectivity index (χ4n) is 7.68. The first-order chi connectivity index (χ1) is 19.7. The second-order valence-corrected chi connectivity index (χ2v) is 12.9. The highest BCUT2D eigenvalue weighted by atomic mass is 32.2. The Morgan fingerprint density at radius 3 is 2.77 bits per heavy atom. The van der Waals surface area contributed by atoms with E-state index in [0.29, 0.717) is 6.04 Å². The van der Waals surface area contributed by atoms with Crippen LogP contribution in [0.2, 0.25) is 0 Å². The Morgan fingerprint density at radius 2 is 1.88 bits per heavy atom. The molecule has 0 saturated carbocycles. The fourth-order valence-corrected chi connectivity index (χ4v) is 8.66. The van der Waals surface area contributed by atoms with Gasteiger partial charge in [-0.3, -0.25) is 4.40 Å². The van der Waals surface area contributed by atoms with Crippen molar-refractivity contribution in [2.45, 2.75) is 54.0 Å². The van der Waals surface area contributed by atoms with Gasteiger partial charge in [-0.05, 0) is 66.8 Å². The molecule has 0 amide bonds. The molecule has 2 saturated heterocycles. The van der Waals surface area contributed by atoms with Gasteiger partial charge in [0.25, 0.3) is 0 Å². The molecule has 1 aromatic carbocycles. The number of anilines is 2. The van der Waals surface area contributed by atoms with Crippen molar-refractivity contribution in [3.05, 3.63) is 66.0 Å². The SMILES string of the molecule is NC1c2ccccc2CC12CCN(c1nc3ccc(Sc4ccnc5c4OC[C@@H]4CCCN54)c4ncc1n34)CC2. The standard InChI is InChI=1S/C31H31N7OS/c32-27-21-6-2-1-4-19(21)16-31(27)10-14-36(15-11-31)28-22-17-34-29-24(7-8-25(35-28)38(22)29)40-23-9-12-33-30-26(23)39-18-20-5-3-13-37(20)30/h1-2,4,6-9,12,17,20,27H,3,5,10-11,13-16,18,32H2/t20-,27?/m0/s1. The molecule has 4 aromatic heterocycles. The van der Waals surface area contributed by atoms with Gasteiger partial charge < -0.3 is 20.3 Å². The molecular formula is C31H31N7OS. The van der Waals surface area contributed by atoms with Crippen LogP contribution >= 0.6 is 11.8 Å². The van der Waals surface area contributed by atoms with E-state index in [1.54, 1.807) is 11.8 Å². The lowest BCUT2D eigenvalue weighted by atomic mass is 9.73. The predicted molar refractivity (Wildman–Crippen MR) is 157 cm³/mol. The highest BCUT2D eigenvalue weighted by Gasteiger charge is 2.46. The molecule has 2 atom stereocenters. The van der Waals surface area contributed by atoms with E-state index in [9.17, 15) is 0 Å². The number of hydrogen-bond acceptors (Lipinski definition) is 8. The monoisotopic (exact) mass is 549 g/mol. The van der Waals surface area contributed by atoms with E-state index in [0.717, 1.165) is 89.5 Å². The van der Waals surface area contributed by atoms with Gasteiger partial charge in [0.15, 0.2) is 23.0 Å². The van der Waals surface area contributed by atoms with Crippen molar-refractivity contribution < 1.29 is 4.74 Å². The van der Waals surface area contributed by atoms with Crippen molar-refractivity contribution in [2.75, 3.05) is 36.0 Å². The molecule has 9 rings (SSSR count). The van der Waals surface area contributed by atoms with Gasteiger partial charge >= 0.3 is 0 Å². The number of nitrogens with zero attached hydrogens (tertiary/aromatic N) is 6. The van der Waals surface area contributed by atoms with Crippen LogP contribution in [0.3, 0.4) is 0 Å². The molecule has 9 heteroatoms. The number of rotatable bonds is 3. The number of imidazole rings is 2. The Hall–Kier alpha value is -3.56. The van der Waals surface area contributed by atoms with Crippen molar-refractivity contribution in [1.82, 2.24) is 19.4 Å². The van der Waals surface area contributed by atoms with Crippen LogP contribution in [0, 0.1) is 5.41 Å². The maximum atomic E-state index is 6.84. The van der Waals surface area contributed by atoms with E-state index in [1.165, 1.54) is 24.0 Å². The largest absolute Gasteiger partial charge is 0.486 e. The molecule has 8 nitrogen and oxygen atoms in total. The van der Waals surface area contributed by atoms with E-state index in [-0.39, 0.29) is 11.5 Å². The molecule has 3 aliphatic heterocycles. The summed E-state index contributed by atoms with van der Waals surface area (Å²) in [6.45, 7) is 3.71. The third-order valence-electron chi connectivity index (χ3n) is 9.83. The molecule has 202 valence electrons. The summed E-state index contributed by atoms with van der Waals surface area (Å²) < 4.78 is 8.48. The van der Waals surface area contributed by atoms with Gasteiger partial charge in [-0.15, -0.1) is 0 Å². The number of aromatic nitrogens is 4. The molecule has 40 heavy (non-hydrogen) atoms. The van der Waals surface area contributed by atoms with Crippen molar-refractivity contribution in [3.63, 3.8) is 0 Å². The minimum absolute atomic E-state index is 0.120. The number of fused-ring (bicyclic) bond motifs is 4. The van der Waals surface area contributed by atoms with Crippen LogP contribution in [-0.4, -0.2) is 51.6 Å². The molecular weight excluding hydrogens is 518 g/mol. The zero-order chi connectivity index (χ0) is 26.4. The summed E-state index contributed by atoms with van der Waals surface area (Å²) in [6.07, 6.45) is 9.51. The molecule has 1 spiro atoms. The molecule has 1 aliphatic carbocycles. The summed E-state index contributed by atoms with van der Waals surface area (Å²) in [5.74, 6) is 2.92. The maximum absolute atomic E-state index is 6.84. The number of benzene rings is 1. The highest BCUT2D eigenvalue weighted by Crippen LogP contribution is 2.51. The summed E-state index contributed by atoms with van der Waals surface area (Å²) in [5.41, 5.74) is 12.7. The van der Waals surface area contributed by atoms with Crippen LogP contribution in [0.15, 0.2) is 64.6 Å². The normalized spacial score (nSPS) is 23.1. The van der Waals surface area contributed by atoms with Crippen LogP contribution < -0.4 is 20.3 Å². The Bertz CT molecular complexity index is 1760. The smallest absolute Gasteiger partial charge is 0.175 e. The van der Waals surface area contributed by atoms with Gasteiger partial charge in [0, 0.05) is 31.9 Å². The Balaban J connectivity index is 1.01. The van der Waals surface area contributed by atoms with Crippen LogP contribution in [0.5, 0.6) is 5.75 Å². The lowest BCUT2D eigenvalue weighted by Crippen LogP contribution is -2.44. The van der Waals surface area contributed by atoms with Gasteiger partial charge in [-0.25, -0.2) is 15.0 Å². The second kappa shape index (κ2) is 8.47. The van der Waals surface area contributed by atoms with Gasteiger partial charge in [0.2, 0.25) is 0 Å². The predicted octanol–water partition coefficient (Wildman–Crippen LogP) is 5.07. The minimum Gasteiger partial charge on any atom is -0.486 e. The topological polar surface area (TPSA) is 84.8 Å². The second-order valence-electron chi connectivity index (χ2n) is 11.9. The highest BCUT2D eigenvalue weighted by molar-refractivity contribution is 7.99. The first-order valence-corrected chi connectivity index (χ1v) is 15.2. The first kappa shape index (κ1) is 23.2. The van der Waals surface area contributed by atoms with E-state index in [1.807, 2.05) is 12.4 Å². The summed E-state index contributed by atoms with van der Waals surface area (Å²) in [5, 5.41) is 0. The van der Waals surface area contributed by atoms with Gasteiger partial charge in [0.05, 0.1) is 22.0 Å². The van der Waals surface area contributed by atoms with Gasteiger partial charge in [-0.2, -0.15) is 0 Å². The van der Waals surface area contributed by atoms with Crippen molar-refractivity contribution in [3.8, 4) is 5.75 Å². The molecule has 7 heterocycles. The molecule has 2 N–H and O–H groups in total. The number of nitrogens with two attached hydrogens (primary N) is 1. The number of piperidine rings is 1. The lowest BCUT2D eigenvalue weighted by molar-refractivity contribution is 0.187. The van der Waals surface area contributed by atoms with Crippen LogP contribution in [0.25, 0.3) is 16.8 Å². The molecule has 4 aliphatic rings. The average Bonchev–Trinajstić information content (AvgIpc) is 3.77. The van der Waals surface area contributed by atoms with Crippen LogP contribution in [-0.2, 0) is 6.42 Å². The Morgan fingerprint density at radius 1 is 0.975 bits per heavy atom. The van der Waals surface area contributed by atoms with E-state index < -0.39 is 0 Å². The van der Waals surface area contributed by atoms with Crippen LogP contribution in [0.4, 0.5) is 11.6 Å². The maximum Gasteiger partial charge on any atom is 0.175 e. The summed E-state index contributed by atoms with van der Waals surface area (Å²) in [4.78, 5) is 21.7. The van der Waals surface area contributed by atoms with Crippen molar-refractivity contribution >= 4 is 40.2 Å². The summed E-state index contributed by atoms with van der Waals surface area (Å²) in [6, 6.07) is 15.6. The number of pyridine rings is 2. The summed E-state index contributed by atoms with van der Waals surface area (Å²) in [7, 11) is 0. The fraction of sp³-hybridized carbons (Fsp3) is 0.387. The molecule has 2 fully saturated rings. The molecule has 5 aromatic rings. The molecule has 0 bridgehead atoms. The van der Waals surface area contributed by atoms with Crippen LogP contribution in [0.1, 0.15) is 42.9 Å². The third-order valence-corrected chi connectivity index (χ3v) is 10.9. The Labute approximate surface area is 236 Å². The van der Waals surface area contributed by atoms with Crippen molar-refractivity contribution in [2.24, 2.45) is 11.1 Å². The van der Waals surface area contributed by atoms with E-state index in [2.05, 4.69) is 56.7 Å². The molecule has 0 radical (unpaired) electrons. The number of hydrogen-bond donors (Lipinski definition) is 1. The summed E-state index contributed by atoms with van der Waals surface area (Å²) >= 11 is 1.71. The van der Waals surface area contributed by atoms with Crippen molar-refractivity contribution in [1.29, 1.82) is 0 Å². The zero-order valence-electron chi connectivity index (χ0n) is 22.3. The minimum atomic E-state index is 0.120. The van der Waals surface area contributed by atoms with Gasteiger partial charge in [-0.1, -0.05) is 36.0 Å². The molecule has 1 unspecified atom stereocenters. The number of ether oxygens (including phenoxy) is 1. The van der Waals surface area contributed by atoms with Gasteiger partial charge in [0.1, 0.15) is 17.8 Å². The van der Waals surface area contributed by atoms with E-state index in [4.69, 9.17) is 25.4 Å². The first-order valence-electron chi connectivity index (χ1n) is 14.4. The van der Waals surface area contributed by atoms with E-state index >= 15 is 0 Å².